The van der Waals surface area contributed by atoms with Crippen LogP contribution in [0.1, 0.15) is 34.9 Å². The standard InChI is InChI=1S/C17H18ClN/c18-15-7-5-12(6-8-15)9-13-10-14(11-19)17-4-2-1-3-16(13)17/h1-8,13-14H,9-11,19H2/t13-,14+/m0/s1. The number of benzene rings is 2. The third-order valence-corrected chi connectivity index (χ3v) is 4.38. The minimum Gasteiger partial charge on any atom is -0.330 e. The van der Waals surface area contributed by atoms with Crippen LogP contribution in [0.2, 0.25) is 5.02 Å². The maximum absolute atomic E-state index is 5.94. The SMILES string of the molecule is NC[C@H]1C[C@H](Cc2ccc(Cl)cc2)c2ccccc21. The van der Waals surface area contributed by atoms with E-state index in [1.54, 1.807) is 0 Å². The Bertz CT molecular complexity index is 562. The van der Waals surface area contributed by atoms with Crippen molar-refractivity contribution in [3.63, 3.8) is 0 Å². The van der Waals surface area contributed by atoms with Gasteiger partial charge in [0.25, 0.3) is 0 Å². The number of halogens is 1. The summed E-state index contributed by atoms with van der Waals surface area (Å²) < 4.78 is 0. The summed E-state index contributed by atoms with van der Waals surface area (Å²) in [5.74, 6) is 1.11. The van der Waals surface area contributed by atoms with Crippen LogP contribution in [0.4, 0.5) is 0 Å². The summed E-state index contributed by atoms with van der Waals surface area (Å²) in [6, 6.07) is 16.9. The molecule has 98 valence electrons. The Morgan fingerprint density at radius 2 is 1.58 bits per heavy atom. The highest BCUT2D eigenvalue weighted by molar-refractivity contribution is 6.30. The lowest BCUT2D eigenvalue weighted by Crippen LogP contribution is -2.09. The first kappa shape index (κ1) is 12.7. The molecule has 1 aliphatic rings. The second-order valence-corrected chi connectivity index (χ2v) is 5.76. The molecule has 0 unspecified atom stereocenters. The Labute approximate surface area is 119 Å². The first-order chi connectivity index (χ1) is 9.28. The maximum Gasteiger partial charge on any atom is 0.0406 e. The molecule has 19 heavy (non-hydrogen) atoms. The molecule has 0 heterocycles. The molecule has 0 aliphatic heterocycles. The average molecular weight is 272 g/mol. The van der Waals surface area contributed by atoms with Crippen molar-refractivity contribution in [1.82, 2.24) is 0 Å². The molecule has 0 aromatic heterocycles. The summed E-state index contributed by atoms with van der Waals surface area (Å²) in [6.07, 6.45) is 2.24. The first-order valence-electron chi connectivity index (χ1n) is 6.81. The van der Waals surface area contributed by atoms with Crippen molar-refractivity contribution in [2.75, 3.05) is 6.54 Å². The number of rotatable bonds is 3. The van der Waals surface area contributed by atoms with E-state index in [-0.39, 0.29) is 0 Å². The molecule has 2 aromatic rings. The number of fused-ring (bicyclic) bond motifs is 1. The van der Waals surface area contributed by atoms with Gasteiger partial charge in [-0.15, -0.1) is 0 Å². The van der Waals surface area contributed by atoms with Crippen LogP contribution in [-0.4, -0.2) is 6.54 Å². The van der Waals surface area contributed by atoms with E-state index in [1.807, 2.05) is 12.1 Å². The molecular weight excluding hydrogens is 254 g/mol. The number of hydrogen-bond acceptors (Lipinski definition) is 1. The van der Waals surface area contributed by atoms with E-state index in [9.17, 15) is 0 Å². The zero-order chi connectivity index (χ0) is 13.2. The van der Waals surface area contributed by atoms with Gasteiger partial charge in [0, 0.05) is 5.02 Å². The van der Waals surface area contributed by atoms with Crippen molar-refractivity contribution in [3.8, 4) is 0 Å². The van der Waals surface area contributed by atoms with Gasteiger partial charge < -0.3 is 5.73 Å². The summed E-state index contributed by atoms with van der Waals surface area (Å²) in [5.41, 5.74) is 10.2. The fourth-order valence-corrected chi connectivity index (χ4v) is 3.30. The third kappa shape index (κ3) is 2.54. The normalized spacial score (nSPS) is 21.4. The van der Waals surface area contributed by atoms with Crippen LogP contribution in [0, 0.1) is 0 Å². The van der Waals surface area contributed by atoms with Gasteiger partial charge in [-0.05, 0) is 60.0 Å². The van der Waals surface area contributed by atoms with E-state index < -0.39 is 0 Å². The lowest BCUT2D eigenvalue weighted by Gasteiger charge is -2.12. The molecule has 2 heteroatoms. The van der Waals surface area contributed by atoms with Crippen LogP contribution < -0.4 is 5.73 Å². The maximum atomic E-state index is 5.94. The van der Waals surface area contributed by atoms with Crippen LogP contribution >= 0.6 is 11.6 Å². The summed E-state index contributed by atoms with van der Waals surface area (Å²) in [4.78, 5) is 0. The van der Waals surface area contributed by atoms with E-state index >= 15 is 0 Å². The molecule has 0 radical (unpaired) electrons. The van der Waals surface area contributed by atoms with E-state index in [2.05, 4.69) is 36.4 Å². The minimum atomic E-state index is 0.522. The van der Waals surface area contributed by atoms with Crippen LogP contribution in [-0.2, 0) is 6.42 Å². The highest BCUT2D eigenvalue weighted by Gasteiger charge is 2.29. The monoisotopic (exact) mass is 271 g/mol. The molecule has 0 saturated carbocycles. The molecule has 0 spiro atoms. The fraction of sp³-hybridized carbons (Fsp3) is 0.294. The van der Waals surface area contributed by atoms with Crippen molar-refractivity contribution in [3.05, 3.63) is 70.2 Å². The van der Waals surface area contributed by atoms with Crippen molar-refractivity contribution < 1.29 is 0 Å². The first-order valence-corrected chi connectivity index (χ1v) is 7.19. The molecule has 1 aliphatic carbocycles. The highest BCUT2D eigenvalue weighted by atomic mass is 35.5. The highest BCUT2D eigenvalue weighted by Crippen LogP contribution is 2.42. The Morgan fingerprint density at radius 3 is 2.21 bits per heavy atom. The molecule has 2 N–H and O–H groups in total. The summed E-state index contributed by atoms with van der Waals surface area (Å²) in [7, 11) is 0. The molecule has 3 rings (SSSR count). The van der Waals surface area contributed by atoms with Gasteiger partial charge in [0.15, 0.2) is 0 Å². The molecular formula is C17H18ClN. The van der Waals surface area contributed by atoms with Crippen molar-refractivity contribution >= 4 is 11.6 Å². The van der Waals surface area contributed by atoms with Gasteiger partial charge in [-0.3, -0.25) is 0 Å². The van der Waals surface area contributed by atoms with Gasteiger partial charge in [-0.1, -0.05) is 48.0 Å². The predicted molar refractivity (Wildman–Crippen MR) is 80.8 cm³/mol. The largest absolute Gasteiger partial charge is 0.330 e. The van der Waals surface area contributed by atoms with Crippen LogP contribution in [0.3, 0.4) is 0 Å². The topological polar surface area (TPSA) is 26.0 Å². The number of nitrogens with two attached hydrogens (primary N) is 1. The van der Waals surface area contributed by atoms with Crippen LogP contribution in [0.25, 0.3) is 0 Å². The molecule has 0 saturated heterocycles. The molecule has 2 aromatic carbocycles. The second kappa shape index (κ2) is 5.36. The van der Waals surface area contributed by atoms with Crippen molar-refractivity contribution in [2.45, 2.75) is 24.7 Å². The minimum absolute atomic E-state index is 0.522. The van der Waals surface area contributed by atoms with Gasteiger partial charge in [-0.25, -0.2) is 0 Å². The van der Waals surface area contributed by atoms with Gasteiger partial charge in [0.05, 0.1) is 0 Å². The molecule has 1 nitrogen and oxygen atoms in total. The van der Waals surface area contributed by atoms with Crippen molar-refractivity contribution in [2.24, 2.45) is 5.73 Å². The fourth-order valence-electron chi connectivity index (χ4n) is 3.17. The quantitative estimate of drug-likeness (QED) is 0.893. The van der Waals surface area contributed by atoms with Gasteiger partial charge in [0.2, 0.25) is 0 Å². The average Bonchev–Trinajstić information content (AvgIpc) is 2.80. The van der Waals surface area contributed by atoms with Gasteiger partial charge in [0.1, 0.15) is 0 Å². The Morgan fingerprint density at radius 1 is 0.947 bits per heavy atom. The summed E-state index contributed by atoms with van der Waals surface area (Å²) >= 11 is 5.94. The van der Waals surface area contributed by atoms with E-state index in [4.69, 9.17) is 17.3 Å². The lowest BCUT2D eigenvalue weighted by atomic mass is 9.93. The zero-order valence-electron chi connectivity index (χ0n) is 10.9. The van der Waals surface area contributed by atoms with Crippen LogP contribution in [0.15, 0.2) is 48.5 Å². The van der Waals surface area contributed by atoms with E-state index in [0.717, 1.165) is 18.0 Å². The van der Waals surface area contributed by atoms with Gasteiger partial charge >= 0.3 is 0 Å². The Kier molecular flexibility index (Phi) is 3.58. The molecule has 0 fully saturated rings. The van der Waals surface area contributed by atoms with E-state index in [0.29, 0.717) is 11.8 Å². The summed E-state index contributed by atoms with van der Waals surface area (Å²) in [6.45, 7) is 0.744. The van der Waals surface area contributed by atoms with Gasteiger partial charge in [-0.2, -0.15) is 0 Å². The van der Waals surface area contributed by atoms with Crippen LogP contribution in [0.5, 0.6) is 0 Å². The third-order valence-electron chi connectivity index (χ3n) is 4.12. The number of hydrogen-bond donors (Lipinski definition) is 1. The molecule has 2 atom stereocenters. The van der Waals surface area contributed by atoms with Crippen molar-refractivity contribution in [1.29, 1.82) is 0 Å². The molecule has 0 bridgehead atoms. The smallest absolute Gasteiger partial charge is 0.0406 e. The molecule has 0 amide bonds. The summed E-state index contributed by atoms with van der Waals surface area (Å²) in [5, 5.41) is 0.801. The van der Waals surface area contributed by atoms with E-state index in [1.165, 1.54) is 23.1 Å². The lowest BCUT2D eigenvalue weighted by molar-refractivity contribution is 0.591. The Hall–Kier alpha value is -1.31. The predicted octanol–water partition coefficient (Wildman–Crippen LogP) is 4.11. The zero-order valence-corrected chi connectivity index (χ0v) is 11.6. The Balaban J connectivity index is 1.85. The second-order valence-electron chi connectivity index (χ2n) is 5.32.